The zero-order chi connectivity index (χ0) is 18.5. The van der Waals surface area contributed by atoms with Gasteiger partial charge in [0.2, 0.25) is 5.91 Å². The first-order chi connectivity index (χ1) is 12.3. The van der Waals surface area contributed by atoms with Gasteiger partial charge in [0.15, 0.2) is 0 Å². The SMILES string of the molecule is CC(=O)NC12C[C@@H]3C[C@@H](C1)CC(C(=O)OCc1ccc(F)cc1Cl)(C3)C2. The van der Waals surface area contributed by atoms with E-state index in [4.69, 9.17) is 16.3 Å². The lowest BCUT2D eigenvalue weighted by molar-refractivity contribution is -0.177. The lowest BCUT2D eigenvalue weighted by atomic mass is 9.47. The molecule has 6 heteroatoms. The van der Waals surface area contributed by atoms with Crippen molar-refractivity contribution in [3.8, 4) is 0 Å². The van der Waals surface area contributed by atoms with Crippen LogP contribution in [0.4, 0.5) is 4.39 Å². The van der Waals surface area contributed by atoms with Crippen LogP contribution in [0.1, 0.15) is 51.0 Å². The molecule has 1 aromatic rings. The molecule has 0 unspecified atom stereocenters. The van der Waals surface area contributed by atoms with E-state index in [2.05, 4.69) is 5.32 Å². The smallest absolute Gasteiger partial charge is 0.312 e. The third-order valence-corrected chi connectivity index (χ3v) is 6.66. The molecule has 0 aliphatic heterocycles. The molecule has 4 bridgehead atoms. The molecule has 4 nitrogen and oxygen atoms in total. The molecular formula is C20H23ClFNO3. The fraction of sp³-hybridized carbons (Fsp3) is 0.600. The summed E-state index contributed by atoms with van der Waals surface area (Å²) in [7, 11) is 0. The molecule has 26 heavy (non-hydrogen) atoms. The van der Waals surface area contributed by atoms with Crippen LogP contribution in [0.25, 0.3) is 0 Å². The molecular weight excluding hydrogens is 357 g/mol. The number of hydrogen-bond donors (Lipinski definition) is 1. The van der Waals surface area contributed by atoms with E-state index < -0.39 is 11.2 Å². The normalized spacial score (nSPS) is 34.6. The summed E-state index contributed by atoms with van der Waals surface area (Å²) in [6.45, 7) is 1.59. The van der Waals surface area contributed by atoms with E-state index in [-0.39, 0.29) is 29.0 Å². The summed E-state index contributed by atoms with van der Waals surface area (Å²) in [6, 6.07) is 4.08. The van der Waals surface area contributed by atoms with Crippen molar-refractivity contribution in [2.75, 3.05) is 0 Å². The minimum absolute atomic E-state index is 0.0337. The molecule has 2 atom stereocenters. The van der Waals surface area contributed by atoms with Gasteiger partial charge in [-0.1, -0.05) is 17.7 Å². The van der Waals surface area contributed by atoms with Crippen LogP contribution in [0.3, 0.4) is 0 Å². The number of hydrogen-bond acceptors (Lipinski definition) is 3. The Morgan fingerprint density at radius 2 is 1.96 bits per heavy atom. The van der Waals surface area contributed by atoms with Gasteiger partial charge in [-0.3, -0.25) is 9.59 Å². The second-order valence-electron chi connectivity index (χ2n) is 8.51. The monoisotopic (exact) mass is 379 g/mol. The molecule has 1 N–H and O–H groups in total. The Bertz CT molecular complexity index is 751. The summed E-state index contributed by atoms with van der Waals surface area (Å²) >= 11 is 6.03. The van der Waals surface area contributed by atoms with Gasteiger partial charge in [-0.05, 0) is 62.5 Å². The molecule has 4 aliphatic carbocycles. The minimum atomic E-state index is -0.515. The minimum Gasteiger partial charge on any atom is -0.460 e. The van der Waals surface area contributed by atoms with E-state index in [1.165, 1.54) is 12.1 Å². The summed E-state index contributed by atoms with van der Waals surface area (Å²) in [5, 5.41) is 3.41. The average Bonchev–Trinajstić information content (AvgIpc) is 2.51. The third-order valence-electron chi connectivity index (χ3n) is 6.31. The number of benzene rings is 1. The maximum atomic E-state index is 13.2. The van der Waals surface area contributed by atoms with E-state index >= 15 is 0 Å². The van der Waals surface area contributed by atoms with Crippen LogP contribution >= 0.6 is 11.6 Å². The second-order valence-corrected chi connectivity index (χ2v) is 8.92. The molecule has 4 aliphatic rings. The number of nitrogens with one attached hydrogen (secondary N) is 1. The Balaban J connectivity index is 1.51. The van der Waals surface area contributed by atoms with Crippen LogP contribution in [0.2, 0.25) is 5.02 Å². The topological polar surface area (TPSA) is 55.4 Å². The van der Waals surface area contributed by atoms with Crippen molar-refractivity contribution in [1.29, 1.82) is 0 Å². The van der Waals surface area contributed by atoms with Gasteiger partial charge in [0.25, 0.3) is 0 Å². The molecule has 4 saturated carbocycles. The highest BCUT2D eigenvalue weighted by atomic mass is 35.5. The molecule has 0 radical (unpaired) electrons. The van der Waals surface area contributed by atoms with Gasteiger partial charge in [0.05, 0.1) is 10.4 Å². The lowest BCUT2D eigenvalue weighted by Gasteiger charge is -2.60. The van der Waals surface area contributed by atoms with E-state index in [0.717, 1.165) is 32.1 Å². The van der Waals surface area contributed by atoms with Crippen LogP contribution in [-0.2, 0) is 20.9 Å². The molecule has 0 heterocycles. The number of ether oxygens (including phenoxy) is 1. The number of amides is 1. The average molecular weight is 380 g/mol. The van der Waals surface area contributed by atoms with Crippen molar-refractivity contribution in [3.05, 3.63) is 34.6 Å². The van der Waals surface area contributed by atoms with Crippen molar-refractivity contribution in [2.24, 2.45) is 17.3 Å². The molecule has 0 aromatic heterocycles. The molecule has 0 spiro atoms. The summed E-state index contributed by atoms with van der Waals surface area (Å²) in [6.07, 6.45) is 5.38. The van der Waals surface area contributed by atoms with Crippen molar-refractivity contribution < 1.29 is 18.7 Å². The number of esters is 1. The molecule has 4 fully saturated rings. The van der Waals surface area contributed by atoms with Gasteiger partial charge in [0.1, 0.15) is 12.4 Å². The van der Waals surface area contributed by atoms with E-state index in [1.54, 1.807) is 13.0 Å². The van der Waals surface area contributed by atoms with E-state index in [1.807, 2.05) is 0 Å². The summed E-state index contributed by atoms with van der Waals surface area (Å²) in [5.41, 5.74) is -0.177. The number of carbonyl (C=O) groups is 2. The van der Waals surface area contributed by atoms with Crippen LogP contribution in [0.5, 0.6) is 0 Å². The van der Waals surface area contributed by atoms with Crippen molar-refractivity contribution >= 4 is 23.5 Å². The first-order valence-electron chi connectivity index (χ1n) is 9.19. The van der Waals surface area contributed by atoms with E-state index in [9.17, 15) is 14.0 Å². The number of carbonyl (C=O) groups excluding carboxylic acids is 2. The predicted molar refractivity (Wildman–Crippen MR) is 94.9 cm³/mol. The molecule has 140 valence electrons. The fourth-order valence-electron chi connectivity index (χ4n) is 5.96. The molecule has 1 aromatic carbocycles. The number of rotatable bonds is 4. The maximum absolute atomic E-state index is 13.2. The summed E-state index contributed by atoms with van der Waals surface area (Å²) in [5.74, 6) is 0.272. The highest BCUT2D eigenvalue weighted by molar-refractivity contribution is 6.31. The predicted octanol–water partition coefficient (Wildman–Crippen LogP) is 4.00. The highest BCUT2D eigenvalue weighted by Crippen LogP contribution is 2.62. The van der Waals surface area contributed by atoms with Crippen LogP contribution in [0, 0.1) is 23.1 Å². The van der Waals surface area contributed by atoms with Gasteiger partial charge in [-0.15, -0.1) is 0 Å². The molecule has 1 amide bonds. The fourth-order valence-corrected chi connectivity index (χ4v) is 6.18. The van der Waals surface area contributed by atoms with Gasteiger partial charge in [-0.25, -0.2) is 4.39 Å². The quantitative estimate of drug-likeness (QED) is 0.804. The Hall–Kier alpha value is -1.62. The Morgan fingerprint density at radius 3 is 2.58 bits per heavy atom. The summed E-state index contributed by atoms with van der Waals surface area (Å²) in [4.78, 5) is 24.7. The highest BCUT2D eigenvalue weighted by Gasteiger charge is 2.61. The van der Waals surface area contributed by atoms with E-state index in [0.29, 0.717) is 23.8 Å². The van der Waals surface area contributed by atoms with Crippen LogP contribution in [0.15, 0.2) is 18.2 Å². The Morgan fingerprint density at radius 1 is 1.27 bits per heavy atom. The Labute approximate surface area is 157 Å². The second kappa shape index (κ2) is 6.22. The zero-order valence-electron chi connectivity index (χ0n) is 14.8. The van der Waals surface area contributed by atoms with Gasteiger partial charge in [-0.2, -0.15) is 0 Å². The Kier molecular flexibility index (Phi) is 4.25. The lowest BCUT2D eigenvalue weighted by Crippen LogP contribution is -2.64. The zero-order valence-corrected chi connectivity index (χ0v) is 15.6. The van der Waals surface area contributed by atoms with Crippen molar-refractivity contribution in [1.82, 2.24) is 5.32 Å². The third kappa shape index (κ3) is 3.11. The summed E-state index contributed by atoms with van der Waals surface area (Å²) < 4.78 is 18.8. The molecule has 5 rings (SSSR count). The van der Waals surface area contributed by atoms with Crippen LogP contribution in [-0.4, -0.2) is 17.4 Å². The first-order valence-corrected chi connectivity index (χ1v) is 9.57. The van der Waals surface area contributed by atoms with Crippen LogP contribution < -0.4 is 5.32 Å². The largest absolute Gasteiger partial charge is 0.460 e. The standard InChI is InChI=1S/C20H23ClFNO3/c1-12(24)23-20-8-13-4-14(9-20)7-19(6-13,11-20)18(25)26-10-15-2-3-16(22)5-17(15)21/h2-3,5,13-14H,4,6-11H2,1H3,(H,23,24)/t13-,14-,19?,20?/m1/s1. The molecule has 0 saturated heterocycles. The van der Waals surface area contributed by atoms with Gasteiger partial charge >= 0.3 is 5.97 Å². The van der Waals surface area contributed by atoms with Crippen molar-refractivity contribution in [2.45, 2.75) is 57.6 Å². The van der Waals surface area contributed by atoms with Gasteiger partial charge < -0.3 is 10.1 Å². The maximum Gasteiger partial charge on any atom is 0.312 e. The van der Waals surface area contributed by atoms with Gasteiger partial charge in [0, 0.05) is 18.0 Å². The van der Waals surface area contributed by atoms with Crippen molar-refractivity contribution in [3.63, 3.8) is 0 Å². The first kappa shape index (κ1) is 17.8. The number of halogens is 2.